The van der Waals surface area contributed by atoms with Crippen molar-refractivity contribution in [2.75, 3.05) is 0 Å². The van der Waals surface area contributed by atoms with Crippen molar-refractivity contribution in [3.05, 3.63) is 0 Å². The topological polar surface area (TPSA) is 41.1 Å². The molecular weight excluding hydrogens is 164 g/mol. The van der Waals surface area contributed by atoms with Gasteiger partial charge in [-0.15, -0.1) is 0 Å². The second-order valence-electron chi connectivity index (χ2n) is 3.76. The van der Waals surface area contributed by atoms with Gasteiger partial charge < -0.3 is 10.6 Å². The molecule has 0 aliphatic heterocycles. The van der Waals surface area contributed by atoms with Crippen LogP contribution in [0, 0.1) is 0 Å². The standard InChI is InChI=1S/C10H20N2O/c1-3-8(4-2)11-10(13)12-9-6-5-7-9/h8-9H,3-7H2,1-2H3,(H2,11,12,13). The van der Waals surface area contributed by atoms with Gasteiger partial charge in [0, 0.05) is 12.1 Å². The molecule has 0 saturated heterocycles. The first-order valence-electron chi connectivity index (χ1n) is 5.33. The number of amides is 2. The van der Waals surface area contributed by atoms with Gasteiger partial charge in [-0.05, 0) is 32.1 Å². The summed E-state index contributed by atoms with van der Waals surface area (Å²) in [6.45, 7) is 4.19. The molecule has 0 aromatic heterocycles. The normalized spacial score (nSPS) is 16.8. The minimum Gasteiger partial charge on any atom is -0.335 e. The molecule has 13 heavy (non-hydrogen) atoms. The molecule has 0 aromatic carbocycles. The van der Waals surface area contributed by atoms with E-state index in [1.807, 2.05) is 0 Å². The van der Waals surface area contributed by atoms with Crippen LogP contribution in [0.4, 0.5) is 4.79 Å². The molecule has 1 aliphatic carbocycles. The quantitative estimate of drug-likeness (QED) is 0.689. The van der Waals surface area contributed by atoms with E-state index in [1.165, 1.54) is 6.42 Å². The number of urea groups is 1. The van der Waals surface area contributed by atoms with Crippen molar-refractivity contribution in [2.45, 2.75) is 58.0 Å². The number of carbonyl (C=O) groups excluding carboxylic acids is 1. The molecule has 0 unspecified atom stereocenters. The first-order valence-corrected chi connectivity index (χ1v) is 5.33. The molecule has 1 saturated carbocycles. The van der Waals surface area contributed by atoms with Crippen LogP contribution < -0.4 is 10.6 Å². The molecule has 0 atom stereocenters. The number of hydrogen-bond donors (Lipinski definition) is 2. The highest BCUT2D eigenvalue weighted by atomic mass is 16.2. The lowest BCUT2D eigenvalue weighted by atomic mass is 9.93. The van der Waals surface area contributed by atoms with Crippen LogP contribution in [-0.4, -0.2) is 18.1 Å². The van der Waals surface area contributed by atoms with Gasteiger partial charge in [-0.25, -0.2) is 4.79 Å². The summed E-state index contributed by atoms with van der Waals surface area (Å²) in [7, 11) is 0. The maximum atomic E-state index is 11.4. The van der Waals surface area contributed by atoms with Crippen molar-refractivity contribution in [1.82, 2.24) is 10.6 Å². The third-order valence-electron chi connectivity index (χ3n) is 2.76. The molecule has 3 heteroatoms. The van der Waals surface area contributed by atoms with Crippen molar-refractivity contribution in [1.29, 1.82) is 0 Å². The minimum atomic E-state index is 0.0124. The first kappa shape index (κ1) is 10.4. The molecule has 0 bridgehead atoms. The average Bonchev–Trinajstić information content (AvgIpc) is 2.07. The Balaban J connectivity index is 2.14. The molecule has 1 aliphatic rings. The Hall–Kier alpha value is -0.730. The van der Waals surface area contributed by atoms with E-state index in [0.717, 1.165) is 25.7 Å². The predicted molar refractivity (Wildman–Crippen MR) is 53.7 cm³/mol. The van der Waals surface area contributed by atoms with Crippen LogP contribution in [0.3, 0.4) is 0 Å². The molecule has 2 amide bonds. The molecule has 3 nitrogen and oxygen atoms in total. The highest BCUT2D eigenvalue weighted by molar-refractivity contribution is 5.74. The molecule has 2 N–H and O–H groups in total. The van der Waals surface area contributed by atoms with Crippen LogP contribution in [0.2, 0.25) is 0 Å². The zero-order valence-corrected chi connectivity index (χ0v) is 8.60. The summed E-state index contributed by atoms with van der Waals surface area (Å²) >= 11 is 0. The van der Waals surface area contributed by atoms with Crippen molar-refractivity contribution in [3.63, 3.8) is 0 Å². The molecule has 1 rings (SSSR count). The lowest BCUT2D eigenvalue weighted by Gasteiger charge is -2.27. The van der Waals surface area contributed by atoms with E-state index in [9.17, 15) is 4.79 Å². The van der Waals surface area contributed by atoms with Gasteiger partial charge in [0.2, 0.25) is 0 Å². The Morgan fingerprint density at radius 1 is 1.38 bits per heavy atom. The van der Waals surface area contributed by atoms with E-state index >= 15 is 0 Å². The third kappa shape index (κ3) is 3.25. The smallest absolute Gasteiger partial charge is 0.315 e. The summed E-state index contributed by atoms with van der Waals surface area (Å²) < 4.78 is 0. The molecular formula is C10H20N2O. The highest BCUT2D eigenvalue weighted by Gasteiger charge is 2.19. The van der Waals surface area contributed by atoms with Gasteiger partial charge in [0.05, 0.1) is 0 Å². The fourth-order valence-corrected chi connectivity index (χ4v) is 1.46. The Labute approximate surface area is 80.3 Å². The molecule has 1 fully saturated rings. The summed E-state index contributed by atoms with van der Waals surface area (Å²) in [4.78, 5) is 11.4. The van der Waals surface area contributed by atoms with Crippen LogP contribution in [-0.2, 0) is 0 Å². The van der Waals surface area contributed by atoms with Crippen LogP contribution in [0.1, 0.15) is 46.0 Å². The summed E-state index contributed by atoms with van der Waals surface area (Å²) in [5.41, 5.74) is 0. The second kappa shape index (κ2) is 5.10. The maximum absolute atomic E-state index is 11.4. The maximum Gasteiger partial charge on any atom is 0.315 e. The Morgan fingerprint density at radius 3 is 2.38 bits per heavy atom. The zero-order valence-electron chi connectivity index (χ0n) is 8.60. The van der Waals surface area contributed by atoms with E-state index in [0.29, 0.717) is 12.1 Å². The van der Waals surface area contributed by atoms with Gasteiger partial charge >= 0.3 is 6.03 Å². The van der Waals surface area contributed by atoms with Crippen LogP contribution >= 0.6 is 0 Å². The summed E-state index contributed by atoms with van der Waals surface area (Å²) in [5, 5.41) is 5.93. The Morgan fingerprint density at radius 2 is 2.00 bits per heavy atom. The van der Waals surface area contributed by atoms with E-state index in [-0.39, 0.29) is 6.03 Å². The number of rotatable bonds is 4. The first-order chi connectivity index (χ1) is 6.26. The zero-order chi connectivity index (χ0) is 9.68. The van der Waals surface area contributed by atoms with Gasteiger partial charge in [-0.1, -0.05) is 13.8 Å². The van der Waals surface area contributed by atoms with Gasteiger partial charge in [-0.3, -0.25) is 0 Å². The van der Waals surface area contributed by atoms with Gasteiger partial charge in [-0.2, -0.15) is 0 Å². The van der Waals surface area contributed by atoms with E-state index in [4.69, 9.17) is 0 Å². The number of carbonyl (C=O) groups is 1. The Kier molecular flexibility index (Phi) is 4.06. The fraction of sp³-hybridized carbons (Fsp3) is 0.900. The van der Waals surface area contributed by atoms with Crippen molar-refractivity contribution < 1.29 is 4.79 Å². The molecule has 0 radical (unpaired) electrons. The summed E-state index contributed by atoms with van der Waals surface area (Å²) in [6.07, 6.45) is 5.58. The van der Waals surface area contributed by atoms with Crippen molar-refractivity contribution >= 4 is 6.03 Å². The van der Waals surface area contributed by atoms with Crippen LogP contribution in [0.15, 0.2) is 0 Å². The van der Waals surface area contributed by atoms with Gasteiger partial charge in [0.25, 0.3) is 0 Å². The monoisotopic (exact) mass is 184 g/mol. The van der Waals surface area contributed by atoms with E-state index < -0.39 is 0 Å². The van der Waals surface area contributed by atoms with Gasteiger partial charge in [0.1, 0.15) is 0 Å². The predicted octanol–water partition coefficient (Wildman–Crippen LogP) is 2.03. The van der Waals surface area contributed by atoms with Crippen molar-refractivity contribution in [3.8, 4) is 0 Å². The van der Waals surface area contributed by atoms with Crippen molar-refractivity contribution in [2.24, 2.45) is 0 Å². The SMILES string of the molecule is CCC(CC)NC(=O)NC1CCC1. The Bertz CT molecular complexity index is 162. The summed E-state index contributed by atoms with van der Waals surface area (Å²) in [6, 6.07) is 0.785. The molecule has 76 valence electrons. The third-order valence-corrected chi connectivity index (χ3v) is 2.76. The fourth-order valence-electron chi connectivity index (χ4n) is 1.46. The largest absolute Gasteiger partial charge is 0.335 e. The van der Waals surface area contributed by atoms with Gasteiger partial charge in [0.15, 0.2) is 0 Å². The molecule has 0 aromatic rings. The number of nitrogens with one attached hydrogen (secondary N) is 2. The average molecular weight is 184 g/mol. The lowest BCUT2D eigenvalue weighted by Crippen LogP contribution is -2.48. The summed E-state index contributed by atoms with van der Waals surface area (Å²) in [5.74, 6) is 0. The van der Waals surface area contributed by atoms with Crippen LogP contribution in [0.5, 0.6) is 0 Å². The second-order valence-corrected chi connectivity index (χ2v) is 3.76. The molecule has 0 heterocycles. The molecule has 0 spiro atoms. The van der Waals surface area contributed by atoms with E-state index in [2.05, 4.69) is 24.5 Å². The number of hydrogen-bond acceptors (Lipinski definition) is 1. The van der Waals surface area contributed by atoms with E-state index in [1.54, 1.807) is 0 Å². The van der Waals surface area contributed by atoms with Crippen LogP contribution in [0.25, 0.3) is 0 Å². The lowest BCUT2D eigenvalue weighted by molar-refractivity contribution is 0.224. The highest BCUT2D eigenvalue weighted by Crippen LogP contribution is 2.17. The minimum absolute atomic E-state index is 0.0124.